The zero-order valence-electron chi connectivity index (χ0n) is 12.1. The van der Waals surface area contributed by atoms with Crippen LogP contribution in [0.1, 0.15) is 37.7 Å². The zero-order chi connectivity index (χ0) is 14.5. The fourth-order valence-corrected chi connectivity index (χ4v) is 2.88. The monoisotopic (exact) mass is 276 g/mol. The molecule has 1 aromatic rings. The Morgan fingerprint density at radius 3 is 2.50 bits per heavy atom. The summed E-state index contributed by atoms with van der Waals surface area (Å²) in [5.74, 6) is 0.248. The van der Waals surface area contributed by atoms with Gasteiger partial charge in [0.05, 0.1) is 6.04 Å². The minimum absolute atomic E-state index is 0.0185. The summed E-state index contributed by atoms with van der Waals surface area (Å²) in [7, 11) is 1.87. The van der Waals surface area contributed by atoms with Gasteiger partial charge in [0.15, 0.2) is 0 Å². The fourth-order valence-electron chi connectivity index (χ4n) is 2.88. The number of rotatable bonds is 4. The van der Waals surface area contributed by atoms with Gasteiger partial charge in [0.2, 0.25) is 5.91 Å². The number of likely N-dealkylation sites (N-methyl/N-ethyl adjacent to an activating group) is 1. The number of nitrogens with two attached hydrogens (primary N) is 1. The topological polar surface area (TPSA) is 66.6 Å². The van der Waals surface area contributed by atoms with Crippen LogP contribution in [-0.2, 0) is 11.2 Å². The summed E-state index contributed by atoms with van der Waals surface area (Å²) in [6, 6.07) is 6.70. The van der Waals surface area contributed by atoms with Gasteiger partial charge in [0, 0.05) is 13.1 Å². The van der Waals surface area contributed by atoms with E-state index in [4.69, 9.17) is 5.73 Å². The van der Waals surface area contributed by atoms with Crippen LogP contribution < -0.4 is 5.73 Å². The summed E-state index contributed by atoms with van der Waals surface area (Å²) in [6.07, 6.45) is 6.38. The van der Waals surface area contributed by atoms with Crippen molar-refractivity contribution in [3.05, 3.63) is 29.8 Å². The van der Waals surface area contributed by atoms with Gasteiger partial charge in [-0.1, -0.05) is 31.4 Å². The average molecular weight is 276 g/mol. The van der Waals surface area contributed by atoms with Crippen LogP contribution in [0.3, 0.4) is 0 Å². The first-order valence-corrected chi connectivity index (χ1v) is 7.38. The lowest BCUT2D eigenvalue weighted by atomic mass is 9.94. The van der Waals surface area contributed by atoms with Gasteiger partial charge in [0.1, 0.15) is 5.75 Å². The minimum Gasteiger partial charge on any atom is -0.508 e. The second-order valence-corrected chi connectivity index (χ2v) is 5.72. The van der Waals surface area contributed by atoms with E-state index in [2.05, 4.69) is 0 Å². The second kappa shape index (κ2) is 6.75. The van der Waals surface area contributed by atoms with Crippen LogP contribution in [0.2, 0.25) is 0 Å². The lowest BCUT2D eigenvalue weighted by Crippen LogP contribution is -2.48. The maximum Gasteiger partial charge on any atom is 0.239 e. The predicted octanol–water partition coefficient (Wildman–Crippen LogP) is 2.05. The van der Waals surface area contributed by atoms with E-state index in [9.17, 15) is 9.90 Å². The van der Waals surface area contributed by atoms with E-state index >= 15 is 0 Å². The first-order valence-electron chi connectivity index (χ1n) is 7.38. The van der Waals surface area contributed by atoms with Gasteiger partial charge in [-0.2, -0.15) is 0 Å². The number of nitrogens with zero attached hydrogens (tertiary/aromatic N) is 1. The van der Waals surface area contributed by atoms with E-state index < -0.39 is 6.04 Å². The predicted molar refractivity (Wildman–Crippen MR) is 79.4 cm³/mol. The molecule has 110 valence electrons. The number of amides is 1. The van der Waals surface area contributed by atoms with Gasteiger partial charge in [-0.25, -0.2) is 0 Å². The van der Waals surface area contributed by atoms with Crippen molar-refractivity contribution >= 4 is 5.91 Å². The molecule has 1 aliphatic carbocycles. The molecule has 0 heterocycles. The van der Waals surface area contributed by atoms with Crippen LogP contribution in [0.15, 0.2) is 24.3 Å². The molecule has 0 aliphatic heterocycles. The molecule has 4 nitrogen and oxygen atoms in total. The molecule has 0 radical (unpaired) electrons. The van der Waals surface area contributed by atoms with Crippen molar-refractivity contribution in [1.29, 1.82) is 0 Å². The standard InChI is InChI=1S/C16H24N2O2/c1-18(13-5-3-2-4-6-13)16(20)15(17)11-12-7-9-14(19)10-8-12/h7-10,13,15,19H,2-6,11,17H2,1H3. The molecule has 1 saturated carbocycles. The second-order valence-electron chi connectivity index (χ2n) is 5.72. The first-order chi connectivity index (χ1) is 9.58. The number of phenols is 1. The zero-order valence-corrected chi connectivity index (χ0v) is 12.1. The Labute approximate surface area is 120 Å². The van der Waals surface area contributed by atoms with Crippen LogP contribution in [0.5, 0.6) is 5.75 Å². The van der Waals surface area contributed by atoms with E-state index in [1.807, 2.05) is 24.1 Å². The van der Waals surface area contributed by atoms with E-state index in [0.717, 1.165) is 18.4 Å². The Hall–Kier alpha value is -1.55. The Morgan fingerprint density at radius 1 is 1.30 bits per heavy atom. The third kappa shape index (κ3) is 3.73. The lowest BCUT2D eigenvalue weighted by molar-refractivity contribution is -0.133. The molecule has 1 fully saturated rings. The van der Waals surface area contributed by atoms with Crippen LogP contribution >= 0.6 is 0 Å². The highest BCUT2D eigenvalue weighted by atomic mass is 16.3. The highest BCUT2D eigenvalue weighted by molar-refractivity contribution is 5.82. The quantitative estimate of drug-likeness (QED) is 0.884. The molecule has 1 aliphatic rings. The molecule has 4 heteroatoms. The number of hydrogen-bond acceptors (Lipinski definition) is 3. The van der Waals surface area contributed by atoms with Crippen LogP contribution in [0.25, 0.3) is 0 Å². The summed E-state index contributed by atoms with van der Waals surface area (Å²) < 4.78 is 0. The number of carbonyl (C=O) groups excluding carboxylic acids is 1. The molecule has 1 unspecified atom stereocenters. The highest BCUT2D eigenvalue weighted by Gasteiger charge is 2.25. The van der Waals surface area contributed by atoms with E-state index in [-0.39, 0.29) is 11.7 Å². The van der Waals surface area contributed by atoms with Gasteiger partial charge in [0.25, 0.3) is 0 Å². The molecule has 1 atom stereocenters. The summed E-state index contributed by atoms with van der Waals surface area (Å²) in [5, 5.41) is 9.25. The summed E-state index contributed by atoms with van der Waals surface area (Å²) in [6.45, 7) is 0. The van der Waals surface area contributed by atoms with Crippen molar-refractivity contribution in [1.82, 2.24) is 4.90 Å². The van der Waals surface area contributed by atoms with Crippen molar-refractivity contribution < 1.29 is 9.90 Å². The van der Waals surface area contributed by atoms with Crippen LogP contribution in [0.4, 0.5) is 0 Å². The minimum atomic E-state index is -0.508. The Morgan fingerprint density at radius 2 is 1.90 bits per heavy atom. The Balaban J connectivity index is 1.92. The third-order valence-electron chi connectivity index (χ3n) is 4.18. The number of hydrogen-bond donors (Lipinski definition) is 2. The Bertz CT molecular complexity index is 438. The van der Waals surface area contributed by atoms with Crippen LogP contribution in [0, 0.1) is 0 Å². The summed E-state index contributed by atoms with van der Waals surface area (Å²) in [5.41, 5.74) is 7.01. The Kier molecular flexibility index (Phi) is 5.01. The lowest BCUT2D eigenvalue weighted by Gasteiger charge is -2.32. The molecule has 1 amide bonds. The summed E-state index contributed by atoms with van der Waals surface area (Å²) >= 11 is 0. The number of aromatic hydroxyl groups is 1. The van der Waals surface area contributed by atoms with E-state index in [0.29, 0.717) is 12.5 Å². The maximum atomic E-state index is 12.4. The molecule has 0 aromatic heterocycles. The molecule has 1 aromatic carbocycles. The molecule has 3 N–H and O–H groups in total. The fraction of sp³-hybridized carbons (Fsp3) is 0.562. The molecular weight excluding hydrogens is 252 g/mol. The maximum absolute atomic E-state index is 12.4. The van der Waals surface area contributed by atoms with E-state index in [1.54, 1.807) is 12.1 Å². The van der Waals surface area contributed by atoms with Crippen molar-refractivity contribution in [2.45, 2.75) is 50.6 Å². The van der Waals surface area contributed by atoms with Crippen molar-refractivity contribution in [3.63, 3.8) is 0 Å². The molecule has 0 bridgehead atoms. The molecule has 0 saturated heterocycles. The molecule has 2 rings (SSSR count). The SMILES string of the molecule is CN(C(=O)C(N)Cc1ccc(O)cc1)C1CCCCC1. The molecule has 20 heavy (non-hydrogen) atoms. The molecular formula is C16H24N2O2. The summed E-state index contributed by atoms with van der Waals surface area (Å²) in [4.78, 5) is 14.2. The van der Waals surface area contributed by atoms with Crippen molar-refractivity contribution in [3.8, 4) is 5.75 Å². The third-order valence-corrected chi connectivity index (χ3v) is 4.18. The number of benzene rings is 1. The van der Waals surface area contributed by atoms with Gasteiger partial charge in [-0.3, -0.25) is 4.79 Å². The van der Waals surface area contributed by atoms with Crippen molar-refractivity contribution in [2.75, 3.05) is 7.05 Å². The van der Waals surface area contributed by atoms with Crippen LogP contribution in [-0.4, -0.2) is 35.0 Å². The van der Waals surface area contributed by atoms with Gasteiger partial charge < -0.3 is 15.7 Å². The highest BCUT2D eigenvalue weighted by Crippen LogP contribution is 2.22. The molecule has 0 spiro atoms. The van der Waals surface area contributed by atoms with Gasteiger partial charge >= 0.3 is 0 Å². The average Bonchev–Trinajstić information content (AvgIpc) is 2.49. The number of phenolic OH excluding ortho intramolecular Hbond substituents is 1. The van der Waals surface area contributed by atoms with E-state index in [1.165, 1.54) is 19.3 Å². The normalized spacial score (nSPS) is 17.7. The van der Waals surface area contributed by atoms with Crippen molar-refractivity contribution in [2.24, 2.45) is 5.73 Å². The first kappa shape index (κ1) is 14.9. The smallest absolute Gasteiger partial charge is 0.239 e. The van der Waals surface area contributed by atoms with Gasteiger partial charge in [-0.05, 0) is 37.0 Å². The largest absolute Gasteiger partial charge is 0.508 e. The van der Waals surface area contributed by atoms with Gasteiger partial charge in [-0.15, -0.1) is 0 Å². The number of carbonyl (C=O) groups is 1.